The minimum atomic E-state index is -0.0343. The molecule has 0 spiro atoms. The van der Waals surface area contributed by atoms with Gasteiger partial charge >= 0.3 is 7.69 Å². The summed E-state index contributed by atoms with van der Waals surface area (Å²) in [7, 11) is 3.07. The van der Waals surface area contributed by atoms with Crippen LogP contribution >= 0.6 is 23.2 Å². The molecule has 2 aromatic carbocycles. The van der Waals surface area contributed by atoms with E-state index in [0.717, 1.165) is 0 Å². The van der Waals surface area contributed by atoms with E-state index in [0.29, 0.717) is 33.0 Å². The summed E-state index contributed by atoms with van der Waals surface area (Å²) in [6.45, 7) is 0. The molecule has 4 nitrogen and oxygen atoms in total. The molecule has 110 valence electrons. The van der Waals surface area contributed by atoms with Crippen molar-refractivity contribution < 1.29 is 18.8 Å². The summed E-state index contributed by atoms with van der Waals surface area (Å²) in [6, 6.07) is 10.2. The summed E-state index contributed by atoms with van der Waals surface area (Å²) in [5.74, 6) is 2.12. The summed E-state index contributed by atoms with van der Waals surface area (Å²) in [6.07, 6.45) is 0. The molecule has 0 fully saturated rings. The molecular weight excluding hydrogens is 314 g/mol. The number of methoxy groups -OCH3 is 2. The lowest BCUT2D eigenvalue weighted by Crippen LogP contribution is -2.12. The fourth-order valence-corrected chi connectivity index (χ4v) is 2.01. The van der Waals surface area contributed by atoms with Crippen LogP contribution in [0, 0.1) is 0 Å². The molecule has 2 aromatic rings. The van der Waals surface area contributed by atoms with Gasteiger partial charge in [-0.1, -0.05) is 23.2 Å². The van der Waals surface area contributed by atoms with Gasteiger partial charge in [-0.05, 0) is 24.3 Å². The Morgan fingerprint density at radius 2 is 1.14 bits per heavy atom. The Labute approximate surface area is 133 Å². The zero-order valence-corrected chi connectivity index (χ0v) is 13.1. The average Bonchev–Trinajstić information content (AvgIpc) is 2.48. The van der Waals surface area contributed by atoms with E-state index >= 15 is 0 Å². The van der Waals surface area contributed by atoms with Gasteiger partial charge in [0.05, 0.1) is 14.2 Å². The van der Waals surface area contributed by atoms with Crippen LogP contribution in [0.25, 0.3) is 0 Å². The van der Waals surface area contributed by atoms with Crippen LogP contribution in [0.15, 0.2) is 36.4 Å². The first-order valence-electron chi connectivity index (χ1n) is 6.06. The van der Waals surface area contributed by atoms with Crippen molar-refractivity contribution in [3.05, 3.63) is 46.4 Å². The van der Waals surface area contributed by atoms with Crippen LogP contribution in [-0.2, 0) is 0 Å². The van der Waals surface area contributed by atoms with E-state index in [1.54, 1.807) is 50.6 Å². The highest BCUT2D eigenvalue weighted by atomic mass is 35.5. The summed E-state index contributed by atoms with van der Waals surface area (Å²) in [5, 5.41) is 1.09. The SMILES string of the molecule is COc1ccc(Cl)cc1OBOc1cc(Cl)ccc1OC. The highest BCUT2D eigenvalue weighted by molar-refractivity contribution is 6.31. The molecule has 0 heterocycles. The molecule has 0 amide bonds. The maximum Gasteiger partial charge on any atom is 0.576 e. The predicted octanol–water partition coefficient (Wildman–Crippen LogP) is 3.73. The smallest absolute Gasteiger partial charge is 0.526 e. The van der Waals surface area contributed by atoms with Crippen molar-refractivity contribution in [2.45, 2.75) is 0 Å². The average molecular weight is 327 g/mol. The monoisotopic (exact) mass is 326 g/mol. The third-order valence-corrected chi connectivity index (χ3v) is 3.15. The topological polar surface area (TPSA) is 36.9 Å². The van der Waals surface area contributed by atoms with Crippen molar-refractivity contribution >= 4 is 30.9 Å². The quantitative estimate of drug-likeness (QED) is 0.758. The molecule has 0 atom stereocenters. The van der Waals surface area contributed by atoms with Gasteiger partial charge in [-0.15, -0.1) is 0 Å². The molecule has 0 aliphatic carbocycles. The summed E-state index contributed by atoms with van der Waals surface area (Å²) >= 11 is 11.8. The van der Waals surface area contributed by atoms with Crippen molar-refractivity contribution in [2.24, 2.45) is 0 Å². The molecule has 2 rings (SSSR count). The van der Waals surface area contributed by atoms with Gasteiger partial charge < -0.3 is 18.8 Å². The molecule has 21 heavy (non-hydrogen) atoms. The van der Waals surface area contributed by atoms with Gasteiger partial charge in [-0.25, -0.2) is 0 Å². The fraction of sp³-hybridized carbons (Fsp3) is 0.143. The van der Waals surface area contributed by atoms with E-state index in [1.807, 2.05) is 0 Å². The minimum Gasteiger partial charge on any atom is -0.526 e. The molecule has 0 N–H and O–H groups in total. The molecule has 0 saturated heterocycles. The van der Waals surface area contributed by atoms with Crippen LogP contribution in [0.5, 0.6) is 23.0 Å². The molecule has 0 aliphatic rings. The third kappa shape index (κ3) is 4.13. The molecule has 0 radical (unpaired) electrons. The molecule has 0 unspecified atom stereocenters. The van der Waals surface area contributed by atoms with E-state index in [9.17, 15) is 0 Å². The second-order valence-corrected chi connectivity index (χ2v) is 4.87. The van der Waals surface area contributed by atoms with Gasteiger partial charge in [0.1, 0.15) is 11.5 Å². The maximum atomic E-state index is 5.92. The van der Waals surface area contributed by atoms with Gasteiger partial charge in [0.15, 0.2) is 11.5 Å². The molecule has 0 bridgehead atoms. The summed E-state index contributed by atoms with van der Waals surface area (Å²) in [4.78, 5) is 0. The van der Waals surface area contributed by atoms with Gasteiger partial charge in [0.25, 0.3) is 0 Å². The lowest BCUT2D eigenvalue weighted by atomic mass is 10.2. The Kier molecular flexibility index (Phi) is 5.48. The first-order valence-corrected chi connectivity index (χ1v) is 6.82. The van der Waals surface area contributed by atoms with E-state index in [2.05, 4.69) is 0 Å². The lowest BCUT2D eigenvalue weighted by Gasteiger charge is -2.13. The van der Waals surface area contributed by atoms with Crippen molar-refractivity contribution in [1.82, 2.24) is 0 Å². The standard InChI is InChI=1S/C14H13BCl2O4/c1-18-11-5-3-9(16)7-13(11)20-15-21-14-8-10(17)4-6-12(14)19-2/h3-8,15H,1-2H3. The molecular formula is C14H13BCl2O4. The predicted molar refractivity (Wildman–Crippen MR) is 84.4 cm³/mol. The third-order valence-electron chi connectivity index (χ3n) is 2.68. The highest BCUT2D eigenvalue weighted by Crippen LogP contribution is 2.32. The van der Waals surface area contributed by atoms with Gasteiger partial charge in [0, 0.05) is 22.2 Å². The molecule has 0 aromatic heterocycles. The van der Waals surface area contributed by atoms with Gasteiger partial charge in [0.2, 0.25) is 0 Å². The van der Waals surface area contributed by atoms with Gasteiger partial charge in [-0.3, -0.25) is 0 Å². The summed E-state index contributed by atoms with van der Waals surface area (Å²) < 4.78 is 21.4. The fourth-order valence-electron chi connectivity index (χ4n) is 1.68. The van der Waals surface area contributed by atoms with E-state index < -0.39 is 0 Å². The number of ether oxygens (including phenoxy) is 2. The number of rotatable bonds is 6. The Hall–Kier alpha value is -1.72. The maximum absolute atomic E-state index is 5.92. The second-order valence-electron chi connectivity index (χ2n) is 4.00. The zero-order valence-electron chi connectivity index (χ0n) is 11.6. The number of hydrogen-bond donors (Lipinski definition) is 0. The summed E-state index contributed by atoms with van der Waals surface area (Å²) in [5.41, 5.74) is 0. The van der Waals surface area contributed by atoms with E-state index in [4.69, 9.17) is 42.0 Å². The highest BCUT2D eigenvalue weighted by Gasteiger charge is 2.10. The van der Waals surface area contributed by atoms with Crippen LogP contribution in [0.1, 0.15) is 0 Å². The Morgan fingerprint density at radius 3 is 1.52 bits per heavy atom. The number of hydrogen-bond acceptors (Lipinski definition) is 4. The van der Waals surface area contributed by atoms with Gasteiger partial charge in [-0.2, -0.15) is 0 Å². The van der Waals surface area contributed by atoms with Crippen LogP contribution in [0.2, 0.25) is 10.0 Å². The Bertz CT molecular complexity index is 568. The molecule has 7 heteroatoms. The normalized spacial score (nSPS) is 9.90. The van der Waals surface area contributed by atoms with Crippen LogP contribution in [0.3, 0.4) is 0 Å². The zero-order chi connectivity index (χ0) is 15.2. The molecule has 0 aliphatic heterocycles. The van der Waals surface area contributed by atoms with Crippen LogP contribution < -0.4 is 18.8 Å². The first-order chi connectivity index (χ1) is 10.1. The Balaban J connectivity index is 2.05. The van der Waals surface area contributed by atoms with Crippen LogP contribution in [-0.4, -0.2) is 21.9 Å². The Morgan fingerprint density at radius 1 is 0.714 bits per heavy atom. The van der Waals surface area contributed by atoms with Crippen molar-refractivity contribution in [3.63, 3.8) is 0 Å². The van der Waals surface area contributed by atoms with Crippen molar-refractivity contribution in [3.8, 4) is 23.0 Å². The largest absolute Gasteiger partial charge is 0.576 e. The van der Waals surface area contributed by atoms with Crippen molar-refractivity contribution in [1.29, 1.82) is 0 Å². The van der Waals surface area contributed by atoms with E-state index in [-0.39, 0.29) is 7.69 Å². The van der Waals surface area contributed by atoms with Crippen molar-refractivity contribution in [2.75, 3.05) is 14.2 Å². The lowest BCUT2D eigenvalue weighted by molar-refractivity contribution is 0.370. The second kappa shape index (κ2) is 7.34. The first kappa shape index (κ1) is 15.7. The molecule has 0 saturated carbocycles. The minimum absolute atomic E-state index is 0.0343. The van der Waals surface area contributed by atoms with E-state index in [1.165, 1.54) is 0 Å². The number of halogens is 2. The number of benzene rings is 2. The van der Waals surface area contributed by atoms with Crippen LogP contribution in [0.4, 0.5) is 0 Å².